The molecular formula is C48H56ClF3N4O2S3. The van der Waals surface area contributed by atoms with Crippen LogP contribution in [0.25, 0.3) is 11.1 Å². The van der Waals surface area contributed by atoms with Crippen LogP contribution in [0.2, 0.25) is 5.02 Å². The van der Waals surface area contributed by atoms with Crippen molar-refractivity contribution >= 4 is 64.4 Å². The Labute approximate surface area is 377 Å². The van der Waals surface area contributed by atoms with Gasteiger partial charge in [-0.15, -0.1) is 11.8 Å². The number of benzene rings is 5. The van der Waals surface area contributed by atoms with Crippen molar-refractivity contribution in [3.05, 3.63) is 137 Å². The summed E-state index contributed by atoms with van der Waals surface area (Å²) in [5, 5.41) is 9.48. The Bertz CT molecular complexity index is 2100. The lowest BCUT2D eigenvalue weighted by Crippen LogP contribution is -2.34. The molecule has 0 aromatic heterocycles. The molecule has 1 aliphatic rings. The van der Waals surface area contributed by atoms with Crippen LogP contribution in [-0.2, 0) is 6.42 Å². The van der Waals surface area contributed by atoms with Crippen molar-refractivity contribution in [3.63, 3.8) is 0 Å². The summed E-state index contributed by atoms with van der Waals surface area (Å²) < 4.78 is 41.1. The number of nitrogens with two attached hydrogens (primary N) is 1. The number of carbonyl (C=O) groups is 1. The molecule has 1 saturated heterocycles. The zero-order valence-electron chi connectivity index (χ0n) is 35.0. The number of aliphatic hydroxyl groups excluding tert-OH is 1. The van der Waals surface area contributed by atoms with Crippen molar-refractivity contribution in [2.45, 2.75) is 72.1 Å². The van der Waals surface area contributed by atoms with E-state index in [9.17, 15) is 18.0 Å². The van der Waals surface area contributed by atoms with Gasteiger partial charge < -0.3 is 20.6 Å². The molecule has 61 heavy (non-hydrogen) atoms. The van der Waals surface area contributed by atoms with Crippen molar-refractivity contribution < 1.29 is 23.1 Å². The molecule has 0 saturated carbocycles. The topological polar surface area (TPSA) is 81.8 Å². The second-order valence-electron chi connectivity index (χ2n) is 15.4. The summed E-state index contributed by atoms with van der Waals surface area (Å²) in [6, 6.07) is 37.2. The van der Waals surface area contributed by atoms with E-state index in [4.69, 9.17) is 22.4 Å². The quantitative estimate of drug-likeness (QED) is 0.0368. The van der Waals surface area contributed by atoms with E-state index in [0.29, 0.717) is 22.3 Å². The van der Waals surface area contributed by atoms with E-state index in [0.717, 1.165) is 68.1 Å². The summed E-state index contributed by atoms with van der Waals surface area (Å²) in [5.74, 6) is 1.88. The monoisotopic (exact) mass is 908 g/mol. The minimum Gasteiger partial charge on any atom is -0.398 e. The number of hydrogen-bond acceptors (Lipinski definition) is 8. The molecule has 1 heterocycles. The number of carbonyl (C=O) groups excluding carboxylic acids is 1. The molecule has 5 aromatic carbocycles. The van der Waals surface area contributed by atoms with Crippen LogP contribution in [0.5, 0.6) is 0 Å². The third-order valence-electron chi connectivity index (χ3n) is 10.5. The fraction of sp³-hybridized carbons (Fsp3) is 0.354. The molecule has 1 aliphatic heterocycles. The number of nitrogen functional groups attached to an aromatic ring is 1. The highest BCUT2D eigenvalue weighted by atomic mass is 35.5. The van der Waals surface area contributed by atoms with Gasteiger partial charge in [-0.05, 0) is 176 Å². The first-order valence-corrected chi connectivity index (χ1v) is 23.6. The van der Waals surface area contributed by atoms with Crippen LogP contribution in [0, 0.1) is 5.92 Å². The van der Waals surface area contributed by atoms with Crippen LogP contribution in [0.1, 0.15) is 66.9 Å². The molecule has 0 atom stereocenters. The Morgan fingerprint density at radius 2 is 1.61 bits per heavy atom. The highest BCUT2D eigenvalue weighted by Crippen LogP contribution is 2.41. The fourth-order valence-electron chi connectivity index (χ4n) is 7.01. The van der Waals surface area contributed by atoms with Crippen LogP contribution in [0.15, 0.2) is 130 Å². The van der Waals surface area contributed by atoms with Gasteiger partial charge >= 0.3 is 5.51 Å². The first-order chi connectivity index (χ1) is 29.3. The molecular weight excluding hydrogens is 853 g/mol. The van der Waals surface area contributed by atoms with Crippen LogP contribution in [0.4, 0.5) is 24.5 Å². The summed E-state index contributed by atoms with van der Waals surface area (Å²) in [7, 11) is 2.06. The lowest BCUT2D eigenvalue weighted by atomic mass is 9.85. The summed E-state index contributed by atoms with van der Waals surface area (Å²) in [5.41, 5.74) is 7.99. The van der Waals surface area contributed by atoms with Crippen molar-refractivity contribution in [1.29, 1.82) is 0 Å². The predicted molar refractivity (Wildman–Crippen MR) is 253 cm³/mol. The lowest BCUT2D eigenvalue weighted by molar-refractivity contribution is -0.0328. The van der Waals surface area contributed by atoms with E-state index in [2.05, 4.69) is 90.0 Å². The average molecular weight is 910 g/mol. The molecule has 0 aliphatic carbocycles. The molecule has 326 valence electrons. The summed E-state index contributed by atoms with van der Waals surface area (Å²) in [6.45, 7) is 8.44. The highest BCUT2D eigenvalue weighted by molar-refractivity contribution is 8.00. The van der Waals surface area contributed by atoms with Crippen molar-refractivity contribution in [3.8, 4) is 11.1 Å². The molecule has 4 N–H and O–H groups in total. The van der Waals surface area contributed by atoms with Gasteiger partial charge in [0.15, 0.2) is 0 Å². The Balaban J connectivity index is 0.000000370. The lowest BCUT2D eigenvalue weighted by Gasteiger charge is -2.34. The highest BCUT2D eigenvalue weighted by Gasteiger charge is 2.30. The maximum Gasteiger partial charge on any atom is 0.446 e. The maximum absolute atomic E-state index is 12.8. The number of anilines is 2. The van der Waals surface area contributed by atoms with Gasteiger partial charge in [0, 0.05) is 56.3 Å². The Morgan fingerprint density at radius 3 is 2.26 bits per heavy atom. The third-order valence-corrected chi connectivity index (χ3v) is 13.4. The van der Waals surface area contributed by atoms with E-state index in [1.165, 1.54) is 57.9 Å². The van der Waals surface area contributed by atoms with Gasteiger partial charge in [-0.1, -0.05) is 74.0 Å². The van der Waals surface area contributed by atoms with Crippen LogP contribution in [-0.4, -0.2) is 67.0 Å². The molecule has 6 nitrogen and oxygen atoms in total. The summed E-state index contributed by atoms with van der Waals surface area (Å²) in [4.78, 5) is 19.0. The number of hydrogen-bond donors (Lipinski definition) is 3. The van der Waals surface area contributed by atoms with Crippen LogP contribution >= 0.6 is 47.1 Å². The van der Waals surface area contributed by atoms with Gasteiger partial charge in [-0.2, -0.15) is 13.2 Å². The third kappa shape index (κ3) is 16.1. The molecule has 1 fully saturated rings. The first kappa shape index (κ1) is 48.3. The van der Waals surface area contributed by atoms with E-state index in [1.807, 2.05) is 42.1 Å². The number of alkyl halides is 3. The molecule has 6 rings (SSSR count). The SMILES string of the molecule is CC(C)c1ccc(-c2ccc(Cl)cc2)c(CC2CCN(c3ccc(C(=O)NSc4ccc(N)c(SC(F)(F)F)c4)cc3)CC2)c1.CN(CCO)CCCCSc1ccccc1. The predicted octanol–water partition coefficient (Wildman–Crippen LogP) is 12.7. The number of halogens is 4. The second-order valence-corrected chi connectivity index (χ2v) is 19.0. The molecule has 0 bridgehead atoms. The Kier molecular flexibility index (Phi) is 19.1. The normalized spacial score (nSPS) is 13.3. The van der Waals surface area contributed by atoms with Crippen molar-refractivity contribution in [2.24, 2.45) is 5.92 Å². The van der Waals surface area contributed by atoms with Crippen LogP contribution < -0.4 is 15.4 Å². The van der Waals surface area contributed by atoms with Gasteiger partial charge in [0.05, 0.1) is 6.61 Å². The molecule has 1 amide bonds. The Morgan fingerprint density at radius 1 is 0.902 bits per heavy atom. The number of thioether (sulfide) groups is 2. The molecule has 13 heteroatoms. The maximum atomic E-state index is 12.8. The smallest absolute Gasteiger partial charge is 0.398 e. The standard InChI is InChI=1S/C35H35ClF3N3OS2.C13H21NOS/c1-22(2)26-7-13-31(24-3-8-28(36)9-4-24)27(20-26)19-23-15-17-42(18-16-23)29-10-5-25(6-11-29)34(43)41-45-30-12-14-32(40)33(21-30)44-35(37,38)39;1-14(10-11-15)9-5-6-12-16-13-7-3-2-4-8-13/h3-14,20-23H,15-19,40H2,1-2H3,(H,41,43);2-4,7-8,15H,5-6,9-12H2,1H3. The largest absolute Gasteiger partial charge is 0.446 e. The number of likely N-dealkylation sites (N-methyl/N-ethyl adjacent to an activating group) is 1. The van der Waals surface area contributed by atoms with Crippen molar-refractivity contribution in [2.75, 3.05) is 56.2 Å². The number of unbranched alkanes of at least 4 members (excludes halogenated alkanes) is 1. The number of nitrogens with one attached hydrogen (secondary N) is 1. The molecule has 0 unspecified atom stereocenters. The van der Waals surface area contributed by atoms with Gasteiger partial charge in [-0.3, -0.25) is 9.52 Å². The zero-order valence-corrected chi connectivity index (χ0v) is 38.2. The molecule has 5 aromatic rings. The number of nitrogens with zero attached hydrogens (tertiary/aromatic N) is 2. The Hall–Kier alpha value is -3.78. The van der Waals surface area contributed by atoms with E-state index in [1.54, 1.807) is 18.2 Å². The van der Waals surface area contributed by atoms with Gasteiger partial charge in [0.2, 0.25) is 0 Å². The molecule has 0 radical (unpaired) electrons. The second kappa shape index (κ2) is 24.2. The number of piperidine rings is 1. The van der Waals surface area contributed by atoms with Gasteiger partial charge in [0.1, 0.15) is 0 Å². The first-order valence-electron chi connectivity index (χ1n) is 20.6. The average Bonchev–Trinajstić information content (AvgIpc) is 3.24. The van der Waals surface area contributed by atoms with Gasteiger partial charge in [0.25, 0.3) is 5.91 Å². The van der Waals surface area contributed by atoms with Crippen molar-refractivity contribution in [1.82, 2.24) is 9.62 Å². The zero-order chi connectivity index (χ0) is 43.8. The van der Waals surface area contributed by atoms with E-state index in [-0.39, 0.29) is 34.9 Å². The van der Waals surface area contributed by atoms with Gasteiger partial charge in [-0.25, -0.2) is 0 Å². The minimum atomic E-state index is -4.45. The number of aliphatic hydroxyl groups is 1. The van der Waals surface area contributed by atoms with E-state index >= 15 is 0 Å². The summed E-state index contributed by atoms with van der Waals surface area (Å²) in [6.07, 6.45) is 5.60. The number of amides is 1. The minimum absolute atomic E-state index is 0.0376. The summed E-state index contributed by atoms with van der Waals surface area (Å²) >= 11 is 8.76. The fourth-order valence-corrected chi connectivity index (χ4v) is 9.41. The molecule has 0 spiro atoms. The van der Waals surface area contributed by atoms with Crippen LogP contribution in [0.3, 0.4) is 0 Å². The van der Waals surface area contributed by atoms with E-state index < -0.39 is 5.51 Å². The number of rotatable bonds is 17.